The smallest absolute Gasteiger partial charge is 0.338 e. The van der Waals surface area contributed by atoms with Crippen molar-refractivity contribution < 1.29 is 14.5 Å². The fourth-order valence-electron chi connectivity index (χ4n) is 4.84. The van der Waals surface area contributed by atoms with Crippen LogP contribution in [0.3, 0.4) is 0 Å². The van der Waals surface area contributed by atoms with Crippen LogP contribution in [0, 0.1) is 10.1 Å². The number of allylic oxidation sites excluding steroid dienone is 1. The fraction of sp³-hybridized carbons (Fsp3) is 0.346. The quantitative estimate of drug-likeness (QED) is 0.269. The van der Waals surface area contributed by atoms with Gasteiger partial charge in [-0.2, -0.15) is 0 Å². The molecule has 0 aliphatic carbocycles. The zero-order valence-electron chi connectivity index (χ0n) is 20.5. The molecule has 9 nitrogen and oxygen atoms in total. The Morgan fingerprint density at radius 2 is 2.05 bits per heavy atom. The van der Waals surface area contributed by atoms with Crippen LogP contribution in [-0.2, 0) is 9.53 Å². The number of nitrogens with zero attached hydrogens (tertiary/aromatic N) is 4. The SMILES string of the molecule is CCOC(=O)C1=C(C)N=c2s/c(=C/c3cc([N+](=O)[O-])ccc3N3CCCCC3)c(=O)n2[C@H]1c1cccs1. The molecular weight excluding hydrogens is 512 g/mol. The summed E-state index contributed by atoms with van der Waals surface area (Å²) in [6.45, 7) is 5.42. The molecule has 0 unspecified atom stereocenters. The second-order valence-corrected chi connectivity index (χ2v) is 10.9. The molecule has 0 radical (unpaired) electrons. The number of carbonyl (C=O) groups is 1. The van der Waals surface area contributed by atoms with E-state index in [1.165, 1.54) is 34.8 Å². The summed E-state index contributed by atoms with van der Waals surface area (Å²) in [6.07, 6.45) is 4.97. The number of carbonyl (C=O) groups excluding carboxylic acids is 1. The first-order chi connectivity index (χ1) is 17.9. The Kier molecular flexibility index (Phi) is 7.07. The van der Waals surface area contributed by atoms with Crippen molar-refractivity contribution in [2.45, 2.75) is 39.2 Å². The van der Waals surface area contributed by atoms with Crippen LogP contribution in [-0.4, -0.2) is 35.2 Å². The van der Waals surface area contributed by atoms with Gasteiger partial charge in [0, 0.05) is 41.4 Å². The van der Waals surface area contributed by atoms with Gasteiger partial charge in [0.15, 0.2) is 4.80 Å². The number of aromatic nitrogens is 1. The van der Waals surface area contributed by atoms with Gasteiger partial charge in [0.25, 0.3) is 11.2 Å². The number of thiophene rings is 1. The number of fused-ring (bicyclic) bond motifs is 1. The molecule has 3 aromatic rings. The standard InChI is InChI=1S/C26H26N4O5S2/c1-3-35-25(32)22-16(2)27-26-29(23(22)20-8-7-13-36-20)24(31)21(37-26)15-17-14-18(30(33)34)9-10-19(17)28-11-5-4-6-12-28/h7-10,13-15,23H,3-6,11-12H2,1-2H3/b21-15+/t23-/m0/s1. The maximum atomic E-state index is 13.8. The highest BCUT2D eigenvalue weighted by Crippen LogP contribution is 2.33. The second-order valence-electron chi connectivity index (χ2n) is 8.87. The third-order valence-corrected chi connectivity index (χ3v) is 8.44. The lowest BCUT2D eigenvalue weighted by atomic mass is 10.0. The molecule has 11 heteroatoms. The number of ether oxygens (including phenoxy) is 1. The monoisotopic (exact) mass is 538 g/mol. The van der Waals surface area contributed by atoms with E-state index in [-0.39, 0.29) is 17.9 Å². The summed E-state index contributed by atoms with van der Waals surface area (Å²) in [6, 6.07) is 7.91. The Morgan fingerprint density at radius 1 is 1.27 bits per heavy atom. The Labute approximate surface area is 220 Å². The van der Waals surface area contributed by atoms with Crippen LogP contribution in [0.15, 0.2) is 56.8 Å². The summed E-state index contributed by atoms with van der Waals surface area (Å²) in [5, 5.41) is 13.4. The number of piperidine rings is 1. The van der Waals surface area contributed by atoms with Crippen molar-refractivity contribution in [3.05, 3.63) is 87.2 Å². The average molecular weight is 539 g/mol. The molecule has 4 heterocycles. The normalized spacial score (nSPS) is 17.9. The van der Waals surface area contributed by atoms with Gasteiger partial charge in [-0.3, -0.25) is 19.5 Å². The van der Waals surface area contributed by atoms with Gasteiger partial charge in [-0.05, 0) is 56.7 Å². The van der Waals surface area contributed by atoms with E-state index in [0.717, 1.165) is 42.9 Å². The third kappa shape index (κ3) is 4.76. The van der Waals surface area contributed by atoms with Crippen LogP contribution in [0.1, 0.15) is 49.6 Å². The van der Waals surface area contributed by atoms with E-state index >= 15 is 0 Å². The zero-order chi connectivity index (χ0) is 26.1. The predicted molar refractivity (Wildman–Crippen MR) is 144 cm³/mol. The van der Waals surface area contributed by atoms with Gasteiger partial charge in [-0.15, -0.1) is 11.3 Å². The molecule has 2 aromatic heterocycles. The van der Waals surface area contributed by atoms with Crippen molar-refractivity contribution in [3.8, 4) is 0 Å². The summed E-state index contributed by atoms with van der Waals surface area (Å²) in [5.74, 6) is -0.498. The molecule has 0 saturated carbocycles. The molecular formula is C26H26N4O5S2. The van der Waals surface area contributed by atoms with Crippen LogP contribution in [0.4, 0.5) is 11.4 Å². The highest BCUT2D eigenvalue weighted by atomic mass is 32.1. The van der Waals surface area contributed by atoms with E-state index in [1.807, 2.05) is 17.5 Å². The summed E-state index contributed by atoms with van der Waals surface area (Å²) in [4.78, 5) is 46.0. The Balaban J connectivity index is 1.70. The zero-order valence-corrected chi connectivity index (χ0v) is 22.1. The first-order valence-electron chi connectivity index (χ1n) is 12.2. The van der Waals surface area contributed by atoms with E-state index in [1.54, 1.807) is 30.6 Å². The Morgan fingerprint density at radius 3 is 2.73 bits per heavy atom. The third-order valence-electron chi connectivity index (χ3n) is 6.53. The topological polar surface area (TPSA) is 107 Å². The van der Waals surface area contributed by atoms with Gasteiger partial charge in [-0.1, -0.05) is 17.4 Å². The molecule has 0 bridgehead atoms. The van der Waals surface area contributed by atoms with E-state index in [9.17, 15) is 19.7 Å². The first-order valence-corrected chi connectivity index (χ1v) is 13.8. The molecule has 1 atom stereocenters. The largest absolute Gasteiger partial charge is 0.463 e. The lowest BCUT2D eigenvalue weighted by Gasteiger charge is -2.30. The molecule has 2 aliphatic heterocycles. The van der Waals surface area contributed by atoms with Crippen LogP contribution in [0.2, 0.25) is 0 Å². The highest BCUT2D eigenvalue weighted by molar-refractivity contribution is 7.10. The van der Waals surface area contributed by atoms with Gasteiger partial charge in [0.05, 0.1) is 27.3 Å². The molecule has 1 fully saturated rings. The summed E-state index contributed by atoms with van der Waals surface area (Å²) >= 11 is 2.67. The van der Waals surface area contributed by atoms with E-state index in [4.69, 9.17) is 4.74 Å². The number of thiazole rings is 1. The number of nitro groups is 1. The summed E-state index contributed by atoms with van der Waals surface area (Å²) in [5.41, 5.74) is 2.01. The van der Waals surface area contributed by atoms with E-state index < -0.39 is 16.9 Å². The molecule has 0 amide bonds. The van der Waals surface area contributed by atoms with Crippen molar-refractivity contribution in [2.75, 3.05) is 24.6 Å². The van der Waals surface area contributed by atoms with E-state index in [2.05, 4.69) is 9.89 Å². The van der Waals surface area contributed by atoms with Gasteiger partial charge >= 0.3 is 5.97 Å². The lowest BCUT2D eigenvalue weighted by molar-refractivity contribution is -0.384. The Hall–Kier alpha value is -3.57. The number of nitro benzene ring substituents is 1. The maximum absolute atomic E-state index is 13.8. The molecule has 0 spiro atoms. The van der Waals surface area contributed by atoms with Crippen molar-refractivity contribution in [1.29, 1.82) is 0 Å². The molecule has 1 saturated heterocycles. The Bertz CT molecular complexity index is 1560. The molecule has 2 aliphatic rings. The minimum absolute atomic E-state index is 0.0308. The minimum Gasteiger partial charge on any atom is -0.463 e. The van der Waals surface area contributed by atoms with Gasteiger partial charge in [-0.25, -0.2) is 9.79 Å². The number of anilines is 1. The maximum Gasteiger partial charge on any atom is 0.338 e. The van der Waals surface area contributed by atoms with Gasteiger partial charge in [0.1, 0.15) is 6.04 Å². The van der Waals surface area contributed by atoms with Crippen LogP contribution in [0.25, 0.3) is 6.08 Å². The number of hydrogen-bond donors (Lipinski definition) is 0. The molecule has 192 valence electrons. The lowest BCUT2D eigenvalue weighted by Crippen LogP contribution is -2.39. The van der Waals surface area contributed by atoms with Crippen LogP contribution < -0.4 is 19.8 Å². The molecule has 1 aromatic carbocycles. The number of benzene rings is 1. The summed E-state index contributed by atoms with van der Waals surface area (Å²) in [7, 11) is 0. The second kappa shape index (κ2) is 10.4. The predicted octanol–water partition coefficient (Wildman–Crippen LogP) is 3.76. The van der Waals surface area contributed by atoms with Crippen molar-refractivity contribution in [1.82, 2.24) is 4.57 Å². The minimum atomic E-state index is -0.649. The fourth-order valence-corrected chi connectivity index (χ4v) is 6.70. The van der Waals surface area contributed by atoms with Crippen molar-refractivity contribution >= 4 is 46.1 Å². The molecule has 0 N–H and O–H groups in total. The van der Waals surface area contributed by atoms with Crippen molar-refractivity contribution in [3.63, 3.8) is 0 Å². The number of rotatable bonds is 6. The van der Waals surface area contributed by atoms with Crippen LogP contribution in [0.5, 0.6) is 0 Å². The van der Waals surface area contributed by atoms with Gasteiger partial charge in [0.2, 0.25) is 0 Å². The van der Waals surface area contributed by atoms with Crippen LogP contribution >= 0.6 is 22.7 Å². The number of esters is 1. The average Bonchev–Trinajstić information content (AvgIpc) is 3.52. The first kappa shape index (κ1) is 25.1. The van der Waals surface area contributed by atoms with E-state index in [0.29, 0.717) is 26.2 Å². The molecule has 37 heavy (non-hydrogen) atoms. The number of hydrogen-bond acceptors (Lipinski definition) is 9. The van der Waals surface area contributed by atoms with Gasteiger partial charge < -0.3 is 9.64 Å². The summed E-state index contributed by atoms with van der Waals surface area (Å²) < 4.78 is 7.26. The highest BCUT2D eigenvalue weighted by Gasteiger charge is 2.34. The van der Waals surface area contributed by atoms with Crippen molar-refractivity contribution in [2.24, 2.45) is 4.99 Å². The molecule has 5 rings (SSSR count). The number of non-ortho nitro benzene ring substituents is 1.